The number of hydrogen-bond acceptors (Lipinski definition) is 6. The van der Waals surface area contributed by atoms with Gasteiger partial charge >= 0.3 is 0 Å². The van der Waals surface area contributed by atoms with E-state index in [1.807, 2.05) is 54.1 Å². The second-order valence-corrected chi connectivity index (χ2v) is 7.58. The van der Waals surface area contributed by atoms with Crippen molar-refractivity contribution in [1.82, 2.24) is 24.7 Å². The number of imidazole rings is 1. The largest absolute Gasteiger partial charge is 0.510 e. The number of H-pyrrole nitrogens is 1. The van der Waals surface area contributed by atoms with Crippen molar-refractivity contribution in [2.75, 3.05) is 5.75 Å². The molecule has 29 heavy (non-hydrogen) atoms. The number of rotatable bonds is 5. The predicted octanol–water partition coefficient (Wildman–Crippen LogP) is 4.60. The molecule has 4 aromatic rings. The molecule has 9 heteroatoms. The van der Waals surface area contributed by atoms with E-state index in [4.69, 9.17) is 11.6 Å². The van der Waals surface area contributed by atoms with Crippen LogP contribution in [0.3, 0.4) is 0 Å². The summed E-state index contributed by atoms with van der Waals surface area (Å²) in [5, 5.41) is 29.7. The Labute approximate surface area is 175 Å². The van der Waals surface area contributed by atoms with Crippen LogP contribution < -0.4 is 0 Å². The summed E-state index contributed by atoms with van der Waals surface area (Å²) in [6, 6.07) is 16.8. The molecule has 0 aliphatic rings. The molecule has 0 bridgehead atoms. The Bertz CT molecular complexity index is 1220. The van der Waals surface area contributed by atoms with Gasteiger partial charge in [0, 0.05) is 17.6 Å². The summed E-state index contributed by atoms with van der Waals surface area (Å²) in [6.45, 7) is 0. The van der Waals surface area contributed by atoms with E-state index in [0.717, 1.165) is 16.6 Å². The van der Waals surface area contributed by atoms with Crippen LogP contribution in [-0.4, -0.2) is 35.6 Å². The highest BCUT2D eigenvalue weighted by Crippen LogP contribution is 2.26. The molecule has 4 rings (SSSR count). The summed E-state index contributed by atoms with van der Waals surface area (Å²) >= 11 is 7.22. The Morgan fingerprint density at radius 2 is 1.97 bits per heavy atom. The van der Waals surface area contributed by atoms with Crippen molar-refractivity contribution in [1.29, 1.82) is 5.26 Å². The molecule has 0 fully saturated rings. The van der Waals surface area contributed by atoms with Crippen LogP contribution in [0.2, 0.25) is 5.02 Å². The molecule has 2 heterocycles. The highest BCUT2D eigenvalue weighted by atomic mass is 35.5. The highest BCUT2D eigenvalue weighted by Gasteiger charge is 2.16. The molecule has 7 nitrogen and oxygen atoms in total. The van der Waals surface area contributed by atoms with Crippen LogP contribution in [0.1, 0.15) is 5.82 Å². The van der Waals surface area contributed by atoms with Gasteiger partial charge in [-0.05, 0) is 36.4 Å². The number of nitrogens with zero attached hydrogens (tertiary/aromatic N) is 5. The molecule has 0 aliphatic heterocycles. The molecule has 2 aromatic carbocycles. The molecule has 2 N–H and O–H groups in total. The lowest BCUT2D eigenvalue weighted by Gasteiger charge is -2.05. The maximum Gasteiger partial charge on any atom is 0.191 e. The van der Waals surface area contributed by atoms with Crippen LogP contribution in [-0.2, 0) is 7.05 Å². The van der Waals surface area contributed by atoms with Gasteiger partial charge in [0.05, 0.1) is 16.8 Å². The van der Waals surface area contributed by atoms with Crippen molar-refractivity contribution in [3.05, 3.63) is 65.1 Å². The third-order valence-corrected chi connectivity index (χ3v) is 5.59. The molecule has 144 valence electrons. The average Bonchev–Trinajstić information content (AvgIpc) is 3.31. The normalized spacial score (nSPS) is 12.0. The lowest BCUT2D eigenvalue weighted by atomic mass is 10.2. The summed E-state index contributed by atoms with van der Waals surface area (Å²) < 4.78 is 1.83. The minimum absolute atomic E-state index is 0.0763. The van der Waals surface area contributed by atoms with Crippen LogP contribution >= 0.6 is 23.4 Å². The summed E-state index contributed by atoms with van der Waals surface area (Å²) in [7, 11) is 1.84. The van der Waals surface area contributed by atoms with Gasteiger partial charge in [-0.15, -0.1) is 10.2 Å². The molecule has 0 atom stereocenters. The van der Waals surface area contributed by atoms with Gasteiger partial charge in [0.15, 0.2) is 16.8 Å². The molecular weight excluding hydrogens is 408 g/mol. The summed E-state index contributed by atoms with van der Waals surface area (Å²) in [5.41, 5.74) is 2.53. The molecule has 0 amide bonds. The number of halogens is 1. The monoisotopic (exact) mass is 422 g/mol. The van der Waals surface area contributed by atoms with Crippen LogP contribution in [0.5, 0.6) is 0 Å². The molecular formula is C20H15ClN6OS. The maximum absolute atomic E-state index is 10.5. The smallest absolute Gasteiger partial charge is 0.191 e. The Hall–Kier alpha value is -3.28. The van der Waals surface area contributed by atoms with Crippen LogP contribution in [0.4, 0.5) is 0 Å². The van der Waals surface area contributed by atoms with E-state index in [9.17, 15) is 10.4 Å². The van der Waals surface area contributed by atoms with E-state index in [2.05, 4.69) is 20.2 Å². The SMILES string of the molecule is Cn1c(SC/C(O)=C(\C#N)c2nc3ccccc3[nH]2)nnc1-c1ccc(Cl)cc1. The zero-order valence-corrected chi connectivity index (χ0v) is 16.9. The average molecular weight is 423 g/mol. The van der Waals surface area contributed by atoms with Gasteiger partial charge in [-0.1, -0.05) is 35.5 Å². The first-order valence-corrected chi connectivity index (χ1v) is 9.98. The maximum atomic E-state index is 10.5. The van der Waals surface area contributed by atoms with Gasteiger partial charge in [0.1, 0.15) is 17.4 Å². The quantitative estimate of drug-likeness (QED) is 0.277. The van der Waals surface area contributed by atoms with Crippen molar-refractivity contribution in [3.8, 4) is 17.5 Å². The first kappa shape index (κ1) is 19.1. The fraction of sp³-hybridized carbons (Fsp3) is 0.100. The van der Waals surface area contributed by atoms with Crippen molar-refractivity contribution in [2.24, 2.45) is 7.05 Å². The van der Waals surface area contributed by atoms with E-state index < -0.39 is 0 Å². The molecule has 0 aliphatic carbocycles. The summed E-state index contributed by atoms with van der Waals surface area (Å²) in [6.07, 6.45) is 0. The fourth-order valence-electron chi connectivity index (χ4n) is 2.82. The zero-order valence-electron chi connectivity index (χ0n) is 15.3. The Morgan fingerprint density at radius 1 is 1.21 bits per heavy atom. The van der Waals surface area contributed by atoms with Crippen molar-refractivity contribution in [3.63, 3.8) is 0 Å². The van der Waals surface area contributed by atoms with Gasteiger partial charge < -0.3 is 14.7 Å². The molecule has 2 aromatic heterocycles. The number of thioether (sulfide) groups is 1. The Balaban J connectivity index is 1.56. The van der Waals surface area contributed by atoms with Gasteiger partial charge in [0.2, 0.25) is 0 Å². The number of benzene rings is 2. The lowest BCUT2D eigenvalue weighted by Crippen LogP contribution is -1.98. The van der Waals surface area contributed by atoms with Crippen molar-refractivity contribution in [2.45, 2.75) is 5.16 Å². The van der Waals surface area contributed by atoms with Gasteiger partial charge in [-0.2, -0.15) is 5.26 Å². The summed E-state index contributed by atoms with van der Waals surface area (Å²) in [4.78, 5) is 7.44. The fourth-order valence-corrected chi connectivity index (χ4v) is 3.74. The predicted molar refractivity (Wildman–Crippen MR) is 113 cm³/mol. The zero-order chi connectivity index (χ0) is 20.4. The first-order valence-electron chi connectivity index (χ1n) is 8.62. The van der Waals surface area contributed by atoms with Crippen LogP contribution in [0, 0.1) is 11.3 Å². The number of para-hydroxylation sites is 2. The third kappa shape index (κ3) is 3.83. The van der Waals surface area contributed by atoms with E-state index in [1.54, 1.807) is 12.1 Å². The van der Waals surface area contributed by atoms with Crippen molar-refractivity contribution < 1.29 is 5.11 Å². The van der Waals surface area contributed by atoms with Crippen LogP contribution in [0.25, 0.3) is 28.0 Å². The molecule has 0 radical (unpaired) electrons. The standard InChI is InChI=1S/C20H15ClN6OS/c1-27-19(12-6-8-13(21)9-7-12)25-26-20(27)29-11-17(28)14(10-22)18-23-15-4-2-3-5-16(15)24-18/h2-9,28H,11H2,1H3,(H,23,24)/b17-14-. The number of aromatic amines is 1. The first-order chi connectivity index (χ1) is 14.1. The van der Waals surface area contributed by atoms with E-state index in [1.165, 1.54) is 11.8 Å². The Morgan fingerprint density at radius 3 is 2.69 bits per heavy atom. The highest BCUT2D eigenvalue weighted by molar-refractivity contribution is 7.99. The van der Waals surface area contributed by atoms with Gasteiger partial charge in [0.25, 0.3) is 0 Å². The summed E-state index contributed by atoms with van der Waals surface area (Å²) in [5.74, 6) is 1.11. The number of aliphatic hydroxyl groups excluding tert-OH is 1. The minimum Gasteiger partial charge on any atom is -0.510 e. The number of hydrogen-bond donors (Lipinski definition) is 2. The van der Waals surface area contributed by atoms with Crippen LogP contribution in [0.15, 0.2) is 59.4 Å². The minimum atomic E-state index is -0.0763. The number of fused-ring (bicyclic) bond motifs is 1. The number of aliphatic hydroxyl groups is 1. The molecule has 0 saturated carbocycles. The number of aromatic nitrogens is 5. The second-order valence-electron chi connectivity index (χ2n) is 6.20. The number of nitriles is 1. The van der Waals surface area contributed by atoms with Gasteiger partial charge in [-0.25, -0.2) is 4.98 Å². The van der Waals surface area contributed by atoms with Gasteiger partial charge in [-0.3, -0.25) is 0 Å². The Kier molecular flexibility index (Phi) is 5.25. The topological polar surface area (TPSA) is 103 Å². The van der Waals surface area contributed by atoms with E-state index in [-0.39, 0.29) is 17.1 Å². The van der Waals surface area contributed by atoms with Crippen molar-refractivity contribution >= 4 is 40.0 Å². The second kappa shape index (κ2) is 7.99. The number of allylic oxidation sites excluding steroid dienone is 1. The lowest BCUT2D eigenvalue weighted by molar-refractivity contribution is 0.420. The molecule has 0 saturated heterocycles. The van der Waals surface area contributed by atoms with E-state index >= 15 is 0 Å². The third-order valence-electron chi connectivity index (χ3n) is 4.30. The number of nitrogens with one attached hydrogen (secondary N) is 1. The van der Waals surface area contributed by atoms with E-state index in [0.29, 0.717) is 21.8 Å². The molecule has 0 spiro atoms. The molecule has 0 unspecified atom stereocenters.